The highest BCUT2D eigenvalue weighted by Gasteiger charge is 2.05. The Morgan fingerprint density at radius 1 is 1.13 bits per heavy atom. The molecule has 1 aromatic rings. The lowest BCUT2D eigenvalue weighted by Gasteiger charge is -2.12. The number of ether oxygens (including phenoxy) is 1. The standard InChI is InChI=1S/C15H26N4O3S/c1-4-23(20,21)19-12-11-18-15(16-2)17-10-9-13-5-7-14(22-3)8-6-13/h5-8,19H,4,9-12H2,1-3H3,(H2,16,17,18). The van der Waals surface area contributed by atoms with Gasteiger partial charge in [-0.05, 0) is 31.0 Å². The van der Waals surface area contributed by atoms with Crippen LogP contribution in [0.25, 0.3) is 0 Å². The Bertz CT molecular complexity index is 585. The summed E-state index contributed by atoms with van der Waals surface area (Å²) in [6, 6.07) is 7.91. The molecule has 0 aliphatic rings. The molecule has 0 atom stereocenters. The van der Waals surface area contributed by atoms with Gasteiger partial charge in [-0.3, -0.25) is 4.99 Å². The van der Waals surface area contributed by atoms with E-state index in [-0.39, 0.29) is 5.75 Å². The number of benzene rings is 1. The maximum absolute atomic E-state index is 11.3. The van der Waals surface area contributed by atoms with Crippen molar-refractivity contribution in [1.29, 1.82) is 0 Å². The third-order valence-corrected chi connectivity index (χ3v) is 4.61. The monoisotopic (exact) mass is 342 g/mol. The molecule has 0 radical (unpaired) electrons. The van der Waals surface area contributed by atoms with Gasteiger partial charge in [-0.1, -0.05) is 12.1 Å². The Morgan fingerprint density at radius 3 is 2.35 bits per heavy atom. The summed E-state index contributed by atoms with van der Waals surface area (Å²) in [5, 5.41) is 6.25. The predicted molar refractivity (Wildman–Crippen MR) is 93.5 cm³/mol. The zero-order valence-electron chi connectivity index (χ0n) is 13.9. The molecule has 0 unspecified atom stereocenters. The summed E-state index contributed by atoms with van der Waals surface area (Å²) in [6.45, 7) is 3.14. The van der Waals surface area contributed by atoms with Crippen molar-refractivity contribution in [3.05, 3.63) is 29.8 Å². The minimum Gasteiger partial charge on any atom is -0.497 e. The second-order valence-electron chi connectivity index (χ2n) is 4.82. The van der Waals surface area contributed by atoms with E-state index in [0.29, 0.717) is 19.0 Å². The van der Waals surface area contributed by atoms with Crippen molar-refractivity contribution in [1.82, 2.24) is 15.4 Å². The summed E-state index contributed by atoms with van der Waals surface area (Å²) in [7, 11) is 0.182. The number of hydrogen-bond donors (Lipinski definition) is 3. The Labute approximate surface area is 138 Å². The first-order valence-corrected chi connectivity index (χ1v) is 9.20. The Balaban J connectivity index is 2.26. The molecule has 23 heavy (non-hydrogen) atoms. The summed E-state index contributed by atoms with van der Waals surface area (Å²) in [5.41, 5.74) is 1.20. The molecule has 0 aliphatic heterocycles. The largest absolute Gasteiger partial charge is 0.497 e. The topological polar surface area (TPSA) is 91.8 Å². The minimum absolute atomic E-state index is 0.0852. The highest BCUT2D eigenvalue weighted by Crippen LogP contribution is 2.11. The van der Waals surface area contributed by atoms with Crippen molar-refractivity contribution < 1.29 is 13.2 Å². The minimum atomic E-state index is -3.14. The quantitative estimate of drug-likeness (QED) is 0.342. The SMILES string of the molecule is CCS(=O)(=O)NCCNC(=NC)NCCc1ccc(OC)cc1. The molecular formula is C15H26N4O3S. The molecule has 0 aromatic heterocycles. The van der Waals surface area contributed by atoms with Crippen LogP contribution in [0, 0.1) is 0 Å². The molecule has 0 amide bonds. The average molecular weight is 342 g/mol. The lowest BCUT2D eigenvalue weighted by Crippen LogP contribution is -2.42. The fourth-order valence-corrected chi connectivity index (χ4v) is 2.44. The van der Waals surface area contributed by atoms with E-state index < -0.39 is 10.0 Å². The van der Waals surface area contributed by atoms with Gasteiger partial charge in [0.25, 0.3) is 0 Å². The molecule has 7 nitrogen and oxygen atoms in total. The zero-order valence-corrected chi connectivity index (χ0v) is 14.7. The molecule has 0 fully saturated rings. The van der Waals surface area contributed by atoms with Gasteiger partial charge in [-0.25, -0.2) is 13.1 Å². The van der Waals surface area contributed by atoms with E-state index in [1.54, 1.807) is 21.1 Å². The highest BCUT2D eigenvalue weighted by atomic mass is 32.2. The second-order valence-corrected chi connectivity index (χ2v) is 6.92. The molecule has 0 saturated heterocycles. The molecule has 130 valence electrons. The van der Waals surface area contributed by atoms with E-state index >= 15 is 0 Å². The lowest BCUT2D eigenvalue weighted by molar-refractivity contribution is 0.414. The van der Waals surface area contributed by atoms with Crippen LogP contribution in [0.4, 0.5) is 0 Å². The molecule has 0 saturated carbocycles. The second kappa shape index (κ2) is 10.1. The highest BCUT2D eigenvalue weighted by molar-refractivity contribution is 7.89. The first-order valence-electron chi connectivity index (χ1n) is 7.55. The Hall–Kier alpha value is -1.80. The third-order valence-electron chi connectivity index (χ3n) is 3.21. The van der Waals surface area contributed by atoms with E-state index in [0.717, 1.165) is 18.7 Å². The summed E-state index contributed by atoms with van der Waals surface area (Å²) >= 11 is 0. The molecule has 0 heterocycles. The lowest BCUT2D eigenvalue weighted by atomic mass is 10.1. The van der Waals surface area contributed by atoms with Crippen LogP contribution in [-0.4, -0.2) is 53.9 Å². The van der Waals surface area contributed by atoms with Crippen LogP contribution in [0.3, 0.4) is 0 Å². The number of nitrogens with zero attached hydrogens (tertiary/aromatic N) is 1. The zero-order chi connectivity index (χ0) is 17.1. The smallest absolute Gasteiger partial charge is 0.211 e. The van der Waals surface area contributed by atoms with Crippen LogP contribution in [-0.2, 0) is 16.4 Å². The Morgan fingerprint density at radius 2 is 1.78 bits per heavy atom. The van der Waals surface area contributed by atoms with Crippen molar-refractivity contribution in [2.75, 3.05) is 39.5 Å². The van der Waals surface area contributed by atoms with Crippen molar-refractivity contribution in [3.63, 3.8) is 0 Å². The fraction of sp³-hybridized carbons (Fsp3) is 0.533. The van der Waals surface area contributed by atoms with E-state index in [1.165, 1.54) is 5.56 Å². The van der Waals surface area contributed by atoms with Crippen molar-refractivity contribution >= 4 is 16.0 Å². The first kappa shape index (κ1) is 19.2. The van der Waals surface area contributed by atoms with Crippen LogP contribution in [0.15, 0.2) is 29.3 Å². The summed E-state index contributed by atoms with van der Waals surface area (Å²) in [6.07, 6.45) is 0.854. The third kappa shape index (κ3) is 7.85. The molecule has 1 aromatic carbocycles. The van der Waals surface area contributed by atoms with E-state index in [9.17, 15) is 8.42 Å². The normalized spacial score (nSPS) is 12.0. The van der Waals surface area contributed by atoms with Gasteiger partial charge in [0.15, 0.2) is 5.96 Å². The van der Waals surface area contributed by atoms with Gasteiger partial charge in [0.1, 0.15) is 5.75 Å². The van der Waals surface area contributed by atoms with Crippen molar-refractivity contribution in [3.8, 4) is 5.75 Å². The number of guanidine groups is 1. The van der Waals surface area contributed by atoms with Crippen LogP contribution in [0.5, 0.6) is 5.75 Å². The number of hydrogen-bond acceptors (Lipinski definition) is 4. The number of rotatable bonds is 9. The van der Waals surface area contributed by atoms with Gasteiger partial charge in [0.05, 0.1) is 12.9 Å². The van der Waals surface area contributed by atoms with Gasteiger partial charge in [-0.2, -0.15) is 0 Å². The molecule has 8 heteroatoms. The number of methoxy groups -OCH3 is 1. The van der Waals surface area contributed by atoms with Crippen LogP contribution in [0.1, 0.15) is 12.5 Å². The van der Waals surface area contributed by atoms with E-state index in [4.69, 9.17) is 4.74 Å². The maximum Gasteiger partial charge on any atom is 0.211 e. The summed E-state index contributed by atoms with van der Waals surface area (Å²) < 4.78 is 30.2. The van der Waals surface area contributed by atoms with Crippen molar-refractivity contribution in [2.45, 2.75) is 13.3 Å². The molecular weight excluding hydrogens is 316 g/mol. The van der Waals surface area contributed by atoms with Crippen molar-refractivity contribution in [2.24, 2.45) is 4.99 Å². The molecule has 1 rings (SSSR count). The van der Waals surface area contributed by atoms with E-state index in [1.807, 2.05) is 24.3 Å². The molecule has 3 N–H and O–H groups in total. The molecule has 0 aliphatic carbocycles. The summed E-state index contributed by atoms with van der Waals surface area (Å²) in [5.74, 6) is 1.57. The van der Waals surface area contributed by atoms with Crippen LogP contribution in [0.2, 0.25) is 0 Å². The Kier molecular flexibility index (Phi) is 8.42. The average Bonchev–Trinajstić information content (AvgIpc) is 2.57. The summed E-state index contributed by atoms with van der Waals surface area (Å²) in [4.78, 5) is 4.10. The number of aliphatic imine (C=N–C) groups is 1. The molecule has 0 bridgehead atoms. The number of nitrogens with one attached hydrogen (secondary N) is 3. The van der Waals surface area contributed by atoms with Gasteiger partial charge in [-0.15, -0.1) is 0 Å². The fourth-order valence-electron chi connectivity index (χ4n) is 1.83. The first-order chi connectivity index (χ1) is 11.0. The van der Waals surface area contributed by atoms with Gasteiger partial charge in [0, 0.05) is 26.7 Å². The molecule has 0 spiro atoms. The van der Waals surface area contributed by atoms with Gasteiger partial charge in [0.2, 0.25) is 10.0 Å². The maximum atomic E-state index is 11.3. The predicted octanol–water partition coefficient (Wildman–Crippen LogP) is 0.342. The van der Waals surface area contributed by atoms with Crippen LogP contribution < -0.4 is 20.1 Å². The van der Waals surface area contributed by atoms with Gasteiger partial charge >= 0.3 is 0 Å². The van der Waals surface area contributed by atoms with Crippen LogP contribution >= 0.6 is 0 Å². The van der Waals surface area contributed by atoms with Gasteiger partial charge < -0.3 is 15.4 Å². The number of sulfonamides is 1. The van der Waals surface area contributed by atoms with E-state index in [2.05, 4.69) is 20.3 Å².